The van der Waals surface area contributed by atoms with E-state index in [4.69, 9.17) is 34.6 Å². The Morgan fingerprint density at radius 1 is 0.438 bits per heavy atom. The molecule has 0 spiro atoms. The number of ether oxygens (including phenoxy) is 1. The van der Waals surface area contributed by atoms with Crippen LogP contribution in [0.1, 0.15) is 27.7 Å². The number of rotatable bonds is 4. The van der Waals surface area contributed by atoms with E-state index in [1.165, 1.54) is 0 Å². The topological polar surface area (TPSA) is 118 Å². The van der Waals surface area contributed by atoms with Crippen molar-refractivity contribution >= 4 is 44.1 Å². The molecule has 0 amide bonds. The van der Waals surface area contributed by atoms with Crippen LogP contribution in [-0.4, -0.2) is 46.0 Å². The Hall–Kier alpha value is -5.96. The zero-order valence-electron chi connectivity index (χ0n) is 27.0. The highest BCUT2D eigenvalue weighted by molar-refractivity contribution is 6.06. The molecule has 48 heavy (non-hydrogen) atoms. The highest BCUT2D eigenvalue weighted by atomic mass is 16.5. The molecule has 9 nitrogen and oxygen atoms in total. The highest BCUT2D eigenvalue weighted by Crippen LogP contribution is 2.37. The lowest BCUT2D eigenvalue weighted by Crippen LogP contribution is -2.28. The van der Waals surface area contributed by atoms with Crippen molar-refractivity contribution in [3.63, 3.8) is 0 Å². The van der Waals surface area contributed by atoms with E-state index in [9.17, 15) is 0 Å². The number of aromatic amines is 2. The van der Waals surface area contributed by atoms with Gasteiger partial charge in [-0.1, -0.05) is 100 Å². The van der Waals surface area contributed by atoms with Gasteiger partial charge in [-0.15, -0.1) is 0 Å². The number of fused-ring (bicyclic) bond motifs is 20. The van der Waals surface area contributed by atoms with Crippen molar-refractivity contribution in [1.82, 2.24) is 39.9 Å². The molecule has 0 atom stereocenters. The summed E-state index contributed by atoms with van der Waals surface area (Å²) in [7, 11) is 0. The van der Waals surface area contributed by atoms with Crippen molar-refractivity contribution in [3.8, 4) is 51.3 Å². The van der Waals surface area contributed by atoms with E-state index in [1.807, 2.05) is 84.9 Å². The fraction of sp³-hybridized carbons (Fsp3) is 0.179. The summed E-state index contributed by atoms with van der Waals surface area (Å²) in [5.74, 6) is 3.80. The quantitative estimate of drug-likeness (QED) is 0.200. The normalized spacial score (nSPS) is 12.3. The molecule has 4 aromatic carbocycles. The van der Waals surface area contributed by atoms with Crippen LogP contribution in [0.2, 0.25) is 0 Å². The van der Waals surface area contributed by atoms with E-state index in [-0.39, 0.29) is 6.10 Å². The summed E-state index contributed by atoms with van der Waals surface area (Å²) in [5, 5.41) is 3.68. The zero-order chi connectivity index (χ0) is 32.5. The summed E-state index contributed by atoms with van der Waals surface area (Å²) in [5.41, 5.74) is 6.27. The van der Waals surface area contributed by atoms with E-state index in [1.54, 1.807) is 0 Å². The maximum Gasteiger partial charge on any atom is 0.164 e. The fourth-order valence-corrected chi connectivity index (χ4v) is 6.89. The molecule has 9 heteroatoms. The van der Waals surface area contributed by atoms with Gasteiger partial charge >= 0.3 is 0 Å². The van der Waals surface area contributed by atoms with E-state index < -0.39 is 0 Å². The Labute approximate surface area is 276 Å². The summed E-state index contributed by atoms with van der Waals surface area (Å²) in [6.45, 7) is 8.77. The van der Waals surface area contributed by atoms with Crippen molar-refractivity contribution in [1.29, 1.82) is 0 Å². The zero-order valence-corrected chi connectivity index (χ0v) is 27.0. The van der Waals surface area contributed by atoms with Gasteiger partial charge < -0.3 is 14.7 Å². The second-order valence-corrected chi connectivity index (χ2v) is 13.0. The predicted octanol–water partition coefficient (Wildman–Crippen LogP) is 8.93. The van der Waals surface area contributed by atoms with Crippen LogP contribution in [0.4, 0.5) is 0 Å². The van der Waals surface area contributed by atoms with Crippen molar-refractivity contribution in [3.05, 3.63) is 91.0 Å². The maximum absolute atomic E-state index is 6.57. The summed E-state index contributed by atoms with van der Waals surface area (Å²) in [4.78, 5) is 37.4. The van der Waals surface area contributed by atoms with Gasteiger partial charge in [0.2, 0.25) is 0 Å². The lowest BCUT2D eigenvalue weighted by Gasteiger charge is -2.26. The molecule has 234 valence electrons. The maximum atomic E-state index is 6.57. The first-order valence-corrected chi connectivity index (χ1v) is 16.3. The second-order valence-electron chi connectivity index (χ2n) is 13.0. The molecule has 3 aromatic heterocycles. The average Bonchev–Trinajstić information content (AvgIpc) is 3.82. The third-order valence-corrected chi connectivity index (χ3v) is 9.11. The van der Waals surface area contributed by atoms with E-state index in [0.29, 0.717) is 57.7 Å². The third-order valence-electron chi connectivity index (χ3n) is 9.11. The van der Waals surface area contributed by atoms with Gasteiger partial charge in [0.05, 0.1) is 0 Å². The van der Waals surface area contributed by atoms with Crippen LogP contribution in [0.3, 0.4) is 0 Å². The van der Waals surface area contributed by atoms with Crippen molar-refractivity contribution in [2.45, 2.75) is 33.8 Å². The molecule has 7 aromatic rings. The van der Waals surface area contributed by atoms with E-state index >= 15 is 0 Å². The molecule has 2 aliphatic rings. The number of benzene rings is 4. The Bertz CT molecular complexity index is 2570. The summed E-state index contributed by atoms with van der Waals surface area (Å²) in [6, 6.07) is 30.3. The van der Waals surface area contributed by atoms with Crippen LogP contribution in [0.15, 0.2) is 91.0 Å². The average molecular weight is 629 g/mol. The molecule has 0 fully saturated rings. The van der Waals surface area contributed by atoms with Crippen molar-refractivity contribution < 1.29 is 4.74 Å². The molecule has 0 saturated heterocycles. The number of nitrogens with zero attached hydrogens (tertiary/aromatic N) is 6. The largest absolute Gasteiger partial charge is 0.490 e. The van der Waals surface area contributed by atoms with E-state index in [2.05, 4.69) is 43.7 Å². The van der Waals surface area contributed by atoms with Crippen molar-refractivity contribution in [2.24, 2.45) is 11.8 Å². The SMILES string of the molecule is CC(C)C(Oc1ccc2c3nc4nc(nc5[nH]c(nc6nc(nc([nH]3)c2c1)-c1ccccc1-6)c1ccccc51)-c1ccccc1-4)C(C)C. The van der Waals surface area contributed by atoms with Crippen LogP contribution in [0.25, 0.3) is 89.7 Å². The number of aromatic nitrogens is 8. The molecular formula is C39H32N8O. The van der Waals surface area contributed by atoms with Gasteiger partial charge in [0.1, 0.15) is 34.4 Å². The van der Waals surface area contributed by atoms with Gasteiger partial charge in [0, 0.05) is 43.8 Å². The predicted molar refractivity (Wildman–Crippen MR) is 190 cm³/mol. The molecule has 2 aliphatic heterocycles. The Morgan fingerprint density at radius 3 is 1.23 bits per heavy atom. The van der Waals surface area contributed by atoms with Gasteiger partial charge in [0.15, 0.2) is 23.3 Å². The first-order chi connectivity index (χ1) is 23.4. The lowest BCUT2D eigenvalue weighted by molar-refractivity contribution is 0.105. The van der Waals surface area contributed by atoms with Gasteiger partial charge in [-0.2, -0.15) is 0 Å². The summed E-state index contributed by atoms with van der Waals surface area (Å²) >= 11 is 0. The van der Waals surface area contributed by atoms with Gasteiger partial charge in [0.25, 0.3) is 0 Å². The Morgan fingerprint density at radius 2 is 0.812 bits per heavy atom. The van der Waals surface area contributed by atoms with Crippen molar-refractivity contribution in [2.75, 3.05) is 0 Å². The number of nitrogens with one attached hydrogen (secondary N) is 2. The summed E-state index contributed by atoms with van der Waals surface area (Å²) < 4.78 is 6.57. The number of hydrogen-bond acceptors (Lipinski definition) is 7. The smallest absolute Gasteiger partial charge is 0.164 e. The highest BCUT2D eigenvalue weighted by Gasteiger charge is 2.23. The van der Waals surface area contributed by atoms with Crippen LogP contribution in [0.5, 0.6) is 5.75 Å². The standard InChI is InChI=1S/C39H32N8O/c1-20(2)31(21(3)4)48-22-17-18-29-30(19-22)39-46-37-28-16-10-9-15-27(28)35(44-37)42-33-24-12-6-5-11-23(24)32(40-33)41-34-25-13-7-8-14-26(25)36(43-34)45-38(29)47-39/h5-21,31H,1-4H3,(H2,40,41,42,43,44,45,46,47). The van der Waals surface area contributed by atoms with Crippen LogP contribution in [0, 0.1) is 11.8 Å². The second kappa shape index (κ2) is 10.8. The Kier molecular flexibility index (Phi) is 6.36. The molecule has 9 rings (SSSR count). The van der Waals surface area contributed by atoms with Gasteiger partial charge in [-0.05, 0) is 30.0 Å². The van der Waals surface area contributed by atoms with Gasteiger partial charge in [-0.3, -0.25) is 0 Å². The van der Waals surface area contributed by atoms with Crippen LogP contribution in [-0.2, 0) is 0 Å². The molecule has 0 saturated carbocycles. The minimum Gasteiger partial charge on any atom is -0.490 e. The third kappa shape index (κ3) is 4.53. The molecule has 0 aliphatic carbocycles. The number of H-pyrrole nitrogens is 2. The molecular weight excluding hydrogens is 596 g/mol. The molecule has 0 unspecified atom stereocenters. The molecule has 5 heterocycles. The minimum absolute atomic E-state index is 0.0665. The van der Waals surface area contributed by atoms with Crippen LogP contribution >= 0.6 is 0 Å². The first kappa shape index (κ1) is 28.3. The number of hydrogen-bond donors (Lipinski definition) is 2. The molecule has 0 radical (unpaired) electrons. The van der Waals surface area contributed by atoms with Gasteiger partial charge in [-0.25, -0.2) is 29.9 Å². The van der Waals surface area contributed by atoms with Crippen LogP contribution < -0.4 is 4.74 Å². The first-order valence-electron chi connectivity index (χ1n) is 16.3. The molecule has 8 bridgehead atoms. The lowest BCUT2D eigenvalue weighted by atomic mass is 9.96. The fourth-order valence-electron chi connectivity index (χ4n) is 6.89. The summed E-state index contributed by atoms with van der Waals surface area (Å²) in [6.07, 6.45) is 0.0665. The van der Waals surface area contributed by atoms with E-state index in [0.717, 1.165) is 49.5 Å². The minimum atomic E-state index is 0.0665. The Balaban J connectivity index is 1.41. The molecule has 2 N–H and O–H groups in total. The monoisotopic (exact) mass is 628 g/mol.